The van der Waals surface area contributed by atoms with Gasteiger partial charge in [-0.25, -0.2) is 4.90 Å². The molecule has 0 aromatic heterocycles. The SMILES string of the molecule is Cc1c(C)c(O)c(N2C(=O)CC(S(=O)(=O)O)C2=O)c(C)c1O. The van der Waals surface area contributed by atoms with Crippen molar-refractivity contribution in [3.63, 3.8) is 0 Å². The van der Waals surface area contributed by atoms with Crippen molar-refractivity contribution in [2.75, 3.05) is 4.90 Å². The van der Waals surface area contributed by atoms with Crippen molar-refractivity contribution in [3.8, 4) is 11.5 Å². The molecule has 0 bridgehead atoms. The molecule has 0 radical (unpaired) electrons. The number of hydrogen-bond acceptors (Lipinski definition) is 6. The molecule has 1 heterocycles. The number of benzene rings is 1. The van der Waals surface area contributed by atoms with E-state index in [0.717, 1.165) is 0 Å². The average molecular weight is 329 g/mol. The summed E-state index contributed by atoms with van der Waals surface area (Å²) in [6.45, 7) is 4.42. The Morgan fingerprint density at radius 1 is 1.00 bits per heavy atom. The van der Waals surface area contributed by atoms with E-state index < -0.39 is 39.4 Å². The number of imide groups is 1. The van der Waals surface area contributed by atoms with E-state index >= 15 is 0 Å². The highest BCUT2D eigenvalue weighted by Crippen LogP contribution is 2.44. The number of anilines is 1. The van der Waals surface area contributed by atoms with Gasteiger partial charge in [0.15, 0.2) is 5.25 Å². The molecule has 1 saturated heterocycles. The van der Waals surface area contributed by atoms with E-state index in [0.29, 0.717) is 10.5 Å². The van der Waals surface area contributed by atoms with E-state index in [4.69, 9.17) is 4.55 Å². The molecule has 1 aliphatic heterocycles. The first-order valence-electron chi connectivity index (χ1n) is 6.33. The first-order chi connectivity index (χ1) is 9.98. The van der Waals surface area contributed by atoms with Crippen LogP contribution >= 0.6 is 0 Å². The highest BCUT2D eigenvalue weighted by Gasteiger charge is 2.48. The van der Waals surface area contributed by atoms with Gasteiger partial charge in [-0.2, -0.15) is 8.42 Å². The Morgan fingerprint density at radius 3 is 1.95 bits per heavy atom. The van der Waals surface area contributed by atoms with E-state index in [1.165, 1.54) is 13.8 Å². The molecule has 0 saturated carbocycles. The molecule has 1 aromatic rings. The predicted octanol–water partition coefficient (Wildman–Crippen LogP) is 0.543. The number of phenols is 2. The summed E-state index contributed by atoms with van der Waals surface area (Å²) in [4.78, 5) is 24.6. The molecule has 0 aliphatic carbocycles. The number of amides is 2. The second kappa shape index (κ2) is 4.96. The second-order valence-corrected chi connectivity index (χ2v) is 6.79. The summed E-state index contributed by atoms with van der Waals surface area (Å²) in [6, 6.07) is 0. The van der Waals surface area contributed by atoms with Crippen molar-refractivity contribution in [3.05, 3.63) is 16.7 Å². The zero-order chi connectivity index (χ0) is 17.0. The maximum atomic E-state index is 12.1. The summed E-state index contributed by atoms with van der Waals surface area (Å²) in [5.74, 6) is -2.64. The molecular weight excluding hydrogens is 314 g/mol. The minimum atomic E-state index is -4.74. The maximum absolute atomic E-state index is 12.1. The molecule has 2 amide bonds. The van der Waals surface area contributed by atoms with Crippen LogP contribution in [0.3, 0.4) is 0 Å². The van der Waals surface area contributed by atoms with Crippen LogP contribution in [0.15, 0.2) is 0 Å². The van der Waals surface area contributed by atoms with Gasteiger partial charge in [0.1, 0.15) is 17.2 Å². The number of nitrogens with zero attached hydrogens (tertiary/aromatic N) is 1. The Morgan fingerprint density at radius 2 is 1.50 bits per heavy atom. The molecule has 120 valence electrons. The molecule has 0 spiro atoms. The van der Waals surface area contributed by atoms with Crippen LogP contribution < -0.4 is 4.90 Å². The third-order valence-electron chi connectivity index (χ3n) is 3.90. The van der Waals surface area contributed by atoms with Crippen LogP contribution in [0.25, 0.3) is 0 Å². The Kier molecular flexibility index (Phi) is 3.66. The van der Waals surface area contributed by atoms with Crippen LogP contribution in [0.5, 0.6) is 11.5 Å². The lowest BCUT2D eigenvalue weighted by Gasteiger charge is -2.22. The first-order valence-corrected chi connectivity index (χ1v) is 7.83. The topological polar surface area (TPSA) is 132 Å². The molecule has 1 fully saturated rings. The van der Waals surface area contributed by atoms with Crippen LogP contribution in [-0.4, -0.2) is 40.2 Å². The van der Waals surface area contributed by atoms with Gasteiger partial charge in [-0.15, -0.1) is 0 Å². The molecule has 1 aromatic carbocycles. The quantitative estimate of drug-likeness (QED) is 0.410. The minimum Gasteiger partial charge on any atom is -0.507 e. The maximum Gasteiger partial charge on any atom is 0.277 e. The third kappa shape index (κ3) is 2.22. The summed E-state index contributed by atoms with van der Waals surface area (Å²) in [5, 5.41) is 18.3. The Bertz CT molecular complexity index is 768. The molecule has 1 unspecified atom stereocenters. The van der Waals surface area contributed by atoms with Gasteiger partial charge in [0.05, 0.1) is 6.42 Å². The van der Waals surface area contributed by atoms with Gasteiger partial charge in [-0.1, -0.05) is 0 Å². The Hall–Kier alpha value is -2.13. The van der Waals surface area contributed by atoms with Crippen molar-refractivity contribution in [1.29, 1.82) is 0 Å². The second-order valence-electron chi connectivity index (χ2n) is 5.20. The fraction of sp³-hybridized carbons (Fsp3) is 0.385. The van der Waals surface area contributed by atoms with Crippen molar-refractivity contribution in [2.24, 2.45) is 0 Å². The molecular formula is C13H15NO7S. The average Bonchev–Trinajstić information content (AvgIpc) is 2.71. The van der Waals surface area contributed by atoms with Gasteiger partial charge in [-0.3, -0.25) is 14.1 Å². The summed E-state index contributed by atoms with van der Waals surface area (Å²) < 4.78 is 31.4. The lowest BCUT2D eigenvalue weighted by atomic mass is 10.0. The number of hydrogen-bond donors (Lipinski definition) is 3. The number of aromatic hydroxyl groups is 2. The normalized spacial score (nSPS) is 19.1. The number of carbonyl (C=O) groups excluding carboxylic acids is 2. The fourth-order valence-electron chi connectivity index (χ4n) is 2.45. The molecule has 9 heteroatoms. The van der Waals surface area contributed by atoms with E-state index in [-0.39, 0.29) is 22.6 Å². The highest BCUT2D eigenvalue weighted by atomic mass is 32.2. The smallest absolute Gasteiger partial charge is 0.277 e. The number of carbonyl (C=O) groups is 2. The number of rotatable bonds is 2. The first kappa shape index (κ1) is 16.2. The van der Waals surface area contributed by atoms with Crippen LogP contribution in [0.1, 0.15) is 23.1 Å². The molecule has 1 atom stereocenters. The predicted molar refractivity (Wildman–Crippen MR) is 76.4 cm³/mol. The standard InChI is InChI=1S/C13H15NO7S/c1-5-6(2)12(17)10(7(3)11(5)16)14-9(15)4-8(13(14)18)22(19,20)21/h8,16-17H,4H2,1-3H3,(H,19,20,21). The lowest BCUT2D eigenvalue weighted by molar-refractivity contribution is -0.121. The molecule has 8 nitrogen and oxygen atoms in total. The summed E-state index contributed by atoms with van der Waals surface area (Å²) >= 11 is 0. The minimum absolute atomic E-state index is 0.0679. The fourth-order valence-corrected chi connectivity index (χ4v) is 3.16. The van der Waals surface area contributed by atoms with Gasteiger partial charge in [0, 0.05) is 5.56 Å². The molecule has 1 aliphatic rings. The Labute approximate surface area is 126 Å². The van der Waals surface area contributed by atoms with E-state index in [9.17, 15) is 28.2 Å². The Balaban J connectivity index is 2.68. The van der Waals surface area contributed by atoms with Crippen LogP contribution in [0.4, 0.5) is 5.69 Å². The van der Waals surface area contributed by atoms with Gasteiger partial charge in [0.2, 0.25) is 5.91 Å². The molecule has 3 N–H and O–H groups in total. The van der Waals surface area contributed by atoms with Gasteiger partial charge in [-0.05, 0) is 31.9 Å². The summed E-state index contributed by atoms with van der Waals surface area (Å²) in [7, 11) is -4.74. The van der Waals surface area contributed by atoms with Crippen molar-refractivity contribution in [2.45, 2.75) is 32.4 Å². The summed E-state index contributed by atoms with van der Waals surface area (Å²) in [6.07, 6.45) is -0.718. The van der Waals surface area contributed by atoms with E-state index in [2.05, 4.69) is 0 Å². The third-order valence-corrected chi connectivity index (χ3v) is 4.98. The van der Waals surface area contributed by atoms with Gasteiger partial charge in [0.25, 0.3) is 16.0 Å². The molecule has 2 rings (SSSR count). The monoisotopic (exact) mass is 329 g/mol. The van der Waals surface area contributed by atoms with Crippen molar-refractivity contribution in [1.82, 2.24) is 0 Å². The van der Waals surface area contributed by atoms with Crippen molar-refractivity contribution < 1.29 is 32.8 Å². The zero-order valence-corrected chi connectivity index (χ0v) is 12.9. The van der Waals surface area contributed by atoms with E-state index in [1.807, 2.05) is 0 Å². The van der Waals surface area contributed by atoms with Crippen molar-refractivity contribution >= 4 is 27.6 Å². The summed E-state index contributed by atoms with van der Waals surface area (Å²) in [5.41, 5.74) is 0.443. The highest BCUT2D eigenvalue weighted by molar-refractivity contribution is 7.87. The van der Waals surface area contributed by atoms with Crippen LogP contribution in [0.2, 0.25) is 0 Å². The van der Waals surface area contributed by atoms with Gasteiger partial charge < -0.3 is 10.2 Å². The number of phenolic OH excluding ortho intramolecular Hbond substituents is 2. The van der Waals surface area contributed by atoms with Gasteiger partial charge >= 0.3 is 0 Å². The van der Waals surface area contributed by atoms with E-state index in [1.54, 1.807) is 6.92 Å². The largest absolute Gasteiger partial charge is 0.507 e. The zero-order valence-electron chi connectivity index (χ0n) is 12.1. The van der Waals surface area contributed by atoms with Crippen LogP contribution in [-0.2, 0) is 19.7 Å². The lowest BCUT2D eigenvalue weighted by Crippen LogP contribution is -2.35. The van der Waals surface area contributed by atoms with Crippen LogP contribution in [0, 0.1) is 20.8 Å². The molecule has 22 heavy (non-hydrogen) atoms.